The Bertz CT molecular complexity index is 883. The van der Waals surface area contributed by atoms with Crippen LogP contribution in [0.1, 0.15) is 37.6 Å². The molecule has 0 N–H and O–H groups in total. The summed E-state index contributed by atoms with van der Waals surface area (Å²) >= 11 is 0. The highest BCUT2D eigenvalue weighted by molar-refractivity contribution is 5.84. The second-order valence-electron chi connectivity index (χ2n) is 8.16. The molecule has 2 aromatic rings. The Balaban J connectivity index is 1.46. The van der Waals surface area contributed by atoms with Crippen molar-refractivity contribution in [3.8, 4) is 5.75 Å². The van der Waals surface area contributed by atoms with E-state index in [1.807, 2.05) is 17.3 Å². The number of aryl methyl sites for hydroxylation is 1. The van der Waals surface area contributed by atoms with Crippen LogP contribution in [0.15, 0.2) is 30.6 Å². The summed E-state index contributed by atoms with van der Waals surface area (Å²) in [5, 5.41) is 0. The van der Waals surface area contributed by atoms with Crippen LogP contribution in [0.25, 0.3) is 0 Å². The summed E-state index contributed by atoms with van der Waals surface area (Å²) in [6.45, 7) is 6.38. The lowest BCUT2D eigenvalue weighted by Gasteiger charge is -2.39. The summed E-state index contributed by atoms with van der Waals surface area (Å²) in [4.78, 5) is 22.1. The van der Waals surface area contributed by atoms with Crippen LogP contribution < -0.4 is 4.74 Å². The van der Waals surface area contributed by atoms with E-state index in [1.165, 1.54) is 6.07 Å². The van der Waals surface area contributed by atoms with Crippen LogP contribution in [0.3, 0.4) is 0 Å². The number of methoxy groups -OCH3 is 1. The van der Waals surface area contributed by atoms with Gasteiger partial charge < -0.3 is 14.2 Å². The normalized spacial score (nSPS) is 22.6. The summed E-state index contributed by atoms with van der Waals surface area (Å²) in [5.74, 6) is 1.52. The summed E-state index contributed by atoms with van der Waals surface area (Å²) < 4.78 is 21.7. The topological polar surface area (TPSA) is 50.6 Å². The predicted molar refractivity (Wildman–Crippen MR) is 108 cm³/mol. The minimum absolute atomic E-state index is 0.160. The van der Waals surface area contributed by atoms with Gasteiger partial charge in [-0.1, -0.05) is 0 Å². The Morgan fingerprint density at radius 1 is 1.24 bits per heavy atom. The van der Waals surface area contributed by atoms with Crippen molar-refractivity contribution in [3.05, 3.63) is 47.8 Å². The summed E-state index contributed by atoms with van der Waals surface area (Å²) in [6, 6.07) is 4.70. The quantitative estimate of drug-likeness (QED) is 0.748. The average molecular weight is 400 g/mol. The van der Waals surface area contributed by atoms with Gasteiger partial charge in [0.25, 0.3) is 0 Å². The number of rotatable bonds is 6. The van der Waals surface area contributed by atoms with Crippen molar-refractivity contribution in [2.75, 3.05) is 26.7 Å². The molecule has 0 saturated carbocycles. The largest absolute Gasteiger partial charge is 0.497 e. The van der Waals surface area contributed by atoms with E-state index in [9.17, 15) is 9.18 Å². The molecule has 0 unspecified atom stereocenters. The summed E-state index contributed by atoms with van der Waals surface area (Å²) in [6.07, 6.45) is 6.55. The molecule has 4 rings (SSSR count). The third-order valence-electron chi connectivity index (χ3n) is 6.38. The first-order valence-corrected chi connectivity index (χ1v) is 10.4. The number of halogens is 1. The number of ether oxygens (including phenoxy) is 1. The molecular formula is C22H29FN4O2. The van der Waals surface area contributed by atoms with E-state index in [4.69, 9.17) is 4.74 Å². The molecule has 7 heteroatoms. The molecule has 1 aromatic heterocycles. The third kappa shape index (κ3) is 3.88. The van der Waals surface area contributed by atoms with Gasteiger partial charge in [0, 0.05) is 44.1 Å². The van der Waals surface area contributed by atoms with Gasteiger partial charge in [-0.2, -0.15) is 0 Å². The van der Waals surface area contributed by atoms with Gasteiger partial charge >= 0.3 is 0 Å². The lowest BCUT2D eigenvalue weighted by Crippen LogP contribution is -2.49. The Kier molecular flexibility index (Phi) is 5.58. The maximum Gasteiger partial charge on any atom is 0.230 e. The highest BCUT2D eigenvalue weighted by atomic mass is 19.1. The molecule has 2 saturated heterocycles. The first-order valence-electron chi connectivity index (χ1n) is 10.4. The molecule has 156 valence electrons. The Morgan fingerprint density at radius 3 is 2.90 bits per heavy atom. The molecule has 1 amide bonds. The summed E-state index contributed by atoms with van der Waals surface area (Å²) in [5.41, 5.74) is 0.159. The number of amides is 1. The predicted octanol–water partition coefficient (Wildman–Crippen LogP) is 3.07. The van der Waals surface area contributed by atoms with Gasteiger partial charge in [-0.3, -0.25) is 9.69 Å². The zero-order valence-corrected chi connectivity index (χ0v) is 17.2. The standard InChI is InChI=1S/C22H29FN4O2/c1-3-26-12-9-24-20(26)15-25-11-8-22(16-25)7-4-10-27(21(22)28)14-17-13-18(29-2)5-6-19(17)23/h5-6,9,12-13H,3-4,7-8,10-11,14-16H2,1-2H3/t22-/m1/s1. The van der Waals surface area contributed by atoms with Gasteiger partial charge in [-0.25, -0.2) is 9.37 Å². The van der Waals surface area contributed by atoms with Crippen molar-refractivity contribution in [1.29, 1.82) is 0 Å². The van der Waals surface area contributed by atoms with Gasteiger partial charge in [-0.05, 0) is 50.9 Å². The van der Waals surface area contributed by atoms with E-state index in [2.05, 4.69) is 21.4 Å². The number of nitrogens with zero attached hydrogens (tertiary/aromatic N) is 4. The molecule has 2 fully saturated rings. The Hall–Kier alpha value is -2.41. The van der Waals surface area contributed by atoms with Crippen molar-refractivity contribution in [3.63, 3.8) is 0 Å². The second kappa shape index (κ2) is 8.14. The maximum absolute atomic E-state index is 14.3. The van der Waals surface area contributed by atoms with Crippen molar-refractivity contribution >= 4 is 5.91 Å². The molecule has 0 aliphatic carbocycles. The number of likely N-dealkylation sites (tertiary alicyclic amines) is 2. The molecule has 6 nitrogen and oxygen atoms in total. The molecule has 1 aromatic carbocycles. The number of benzene rings is 1. The second-order valence-corrected chi connectivity index (χ2v) is 8.16. The van der Waals surface area contributed by atoms with Gasteiger partial charge in [-0.15, -0.1) is 0 Å². The molecular weight excluding hydrogens is 371 g/mol. The monoisotopic (exact) mass is 400 g/mol. The molecule has 1 atom stereocenters. The SMILES string of the molecule is CCn1ccnc1CN1CC[C@]2(CCCN(Cc3cc(OC)ccc3F)C2=O)C1. The van der Waals surface area contributed by atoms with Gasteiger partial charge in [0.05, 0.1) is 19.1 Å². The van der Waals surface area contributed by atoms with E-state index in [1.54, 1.807) is 19.2 Å². The number of piperidine rings is 1. The van der Waals surface area contributed by atoms with Crippen molar-refractivity contribution < 1.29 is 13.9 Å². The van der Waals surface area contributed by atoms with Gasteiger partial charge in [0.2, 0.25) is 5.91 Å². The Labute approximate surface area is 171 Å². The first-order chi connectivity index (χ1) is 14.0. The number of aromatic nitrogens is 2. The third-order valence-corrected chi connectivity index (χ3v) is 6.38. The minimum Gasteiger partial charge on any atom is -0.497 e. The van der Waals surface area contributed by atoms with E-state index < -0.39 is 0 Å². The Morgan fingerprint density at radius 2 is 2.10 bits per heavy atom. The molecule has 2 aliphatic heterocycles. The van der Waals surface area contributed by atoms with Crippen LogP contribution in [0.2, 0.25) is 0 Å². The first kappa shape index (κ1) is 19.9. The molecule has 1 spiro atoms. The van der Waals surface area contributed by atoms with E-state index in [-0.39, 0.29) is 17.1 Å². The number of carbonyl (C=O) groups excluding carboxylic acids is 1. The van der Waals surface area contributed by atoms with Gasteiger partial charge in [0.15, 0.2) is 0 Å². The highest BCUT2D eigenvalue weighted by Crippen LogP contribution is 2.41. The minimum atomic E-state index is -0.350. The van der Waals surface area contributed by atoms with Gasteiger partial charge in [0.1, 0.15) is 17.4 Å². The molecule has 3 heterocycles. The van der Waals surface area contributed by atoms with E-state index in [0.29, 0.717) is 24.4 Å². The lowest BCUT2D eigenvalue weighted by molar-refractivity contribution is -0.146. The number of hydrogen-bond donors (Lipinski definition) is 0. The lowest BCUT2D eigenvalue weighted by atomic mass is 9.78. The zero-order chi connectivity index (χ0) is 20.4. The van der Waals surface area contributed by atoms with Crippen molar-refractivity contribution in [1.82, 2.24) is 19.4 Å². The maximum atomic E-state index is 14.3. The average Bonchev–Trinajstić information content (AvgIpc) is 3.35. The zero-order valence-electron chi connectivity index (χ0n) is 17.2. The smallest absolute Gasteiger partial charge is 0.230 e. The fraction of sp³-hybridized carbons (Fsp3) is 0.545. The van der Waals surface area contributed by atoms with E-state index in [0.717, 1.165) is 51.3 Å². The van der Waals surface area contributed by atoms with Crippen LogP contribution in [-0.4, -0.2) is 52.0 Å². The summed E-state index contributed by atoms with van der Waals surface area (Å²) in [7, 11) is 1.56. The fourth-order valence-corrected chi connectivity index (χ4v) is 4.76. The van der Waals surface area contributed by atoms with Crippen molar-refractivity contribution in [2.45, 2.75) is 45.8 Å². The highest BCUT2D eigenvalue weighted by Gasteiger charge is 2.48. The fourth-order valence-electron chi connectivity index (χ4n) is 4.76. The molecule has 0 radical (unpaired) electrons. The van der Waals surface area contributed by atoms with Crippen LogP contribution >= 0.6 is 0 Å². The number of hydrogen-bond acceptors (Lipinski definition) is 4. The molecule has 29 heavy (non-hydrogen) atoms. The van der Waals surface area contributed by atoms with Crippen LogP contribution in [0.4, 0.5) is 4.39 Å². The van der Waals surface area contributed by atoms with Crippen LogP contribution in [-0.2, 0) is 24.4 Å². The number of carbonyl (C=O) groups is 1. The molecule has 2 aliphatic rings. The van der Waals surface area contributed by atoms with Crippen LogP contribution in [0.5, 0.6) is 5.75 Å². The molecule has 0 bridgehead atoms. The van der Waals surface area contributed by atoms with Crippen molar-refractivity contribution in [2.24, 2.45) is 5.41 Å². The number of imidazole rings is 1. The van der Waals surface area contributed by atoms with Crippen LogP contribution in [0, 0.1) is 11.2 Å². The van der Waals surface area contributed by atoms with E-state index >= 15 is 0 Å².